The molecule has 0 radical (unpaired) electrons. The summed E-state index contributed by atoms with van der Waals surface area (Å²) in [5.41, 5.74) is 6.37. The molecule has 1 aromatic rings. The lowest BCUT2D eigenvalue weighted by atomic mass is 10.0. The van der Waals surface area contributed by atoms with Crippen molar-refractivity contribution < 1.29 is 0 Å². The van der Waals surface area contributed by atoms with E-state index >= 15 is 0 Å². The maximum atomic E-state index is 12.2. The maximum Gasteiger partial charge on any atom is 0.287 e. The summed E-state index contributed by atoms with van der Waals surface area (Å²) in [7, 11) is 0. The molecule has 2 heterocycles. The van der Waals surface area contributed by atoms with Crippen LogP contribution in [0, 0.1) is 0 Å². The molecule has 112 valence electrons. The highest BCUT2D eigenvalue weighted by Crippen LogP contribution is 2.27. The smallest absolute Gasteiger partial charge is 0.287 e. The van der Waals surface area contributed by atoms with E-state index in [9.17, 15) is 4.79 Å². The topological polar surface area (TPSA) is 64.2 Å². The Morgan fingerprint density at radius 3 is 3.00 bits per heavy atom. The third-order valence-electron chi connectivity index (χ3n) is 3.90. The zero-order chi connectivity index (χ0) is 14.5. The molecule has 0 saturated carbocycles. The standard InChI is InChI=1S/C14H23ClN4O/c1-2-3-8-19-14(20)13(15)12(10-17-19)18-7-5-4-6-11(18)9-16/h10-11H,2-9,16H2,1H3. The van der Waals surface area contributed by atoms with Crippen molar-refractivity contribution in [2.45, 2.75) is 51.6 Å². The second kappa shape index (κ2) is 7.09. The first-order valence-corrected chi connectivity index (χ1v) is 7.79. The van der Waals surface area contributed by atoms with Gasteiger partial charge < -0.3 is 10.6 Å². The van der Waals surface area contributed by atoms with Gasteiger partial charge in [0.25, 0.3) is 5.56 Å². The van der Waals surface area contributed by atoms with Gasteiger partial charge >= 0.3 is 0 Å². The van der Waals surface area contributed by atoms with Crippen LogP contribution < -0.4 is 16.2 Å². The molecular formula is C14H23ClN4O. The summed E-state index contributed by atoms with van der Waals surface area (Å²) in [5.74, 6) is 0. The van der Waals surface area contributed by atoms with Crippen LogP contribution in [0.2, 0.25) is 5.02 Å². The molecular weight excluding hydrogens is 276 g/mol. The lowest BCUT2D eigenvalue weighted by Crippen LogP contribution is -2.45. The molecule has 0 bridgehead atoms. The number of halogens is 1. The minimum absolute atomic E-state index is 0.195. The zero-order valence-corrected chi connectivity index (χ0v) is 12.8. The molecule has 1 atom stereocenters. The van der Waals surface area contributed by atoms with Crippen LogP contribution in [-0.2, 0) is 6.54 Å². The number of unbranched alkanes of at least 4 members (excludes halogenated alkanes) is 1. The third-order valence-corrected chi connectivity index (χ3v) is 4.25. The van der Waals surface area contributed by atoms with Crippen LogP contribution in [0.25, 0.3) is 0 Å². The monoisotopic (exact) mass is 298 g/mol. The molecule has 0 aromatic carbocycles. The van der Waals surface area contributed by atoms with E-state index in [0.717, 1.165) is 37.9 Å². The summed E-state index contributed by atoms with van der Waals surface area (Å²) >= 11 is 6.28. The normalized spacial score (nSPS) is 19.4. The fourth-order valence-corrected chi connectivity index (χ4v) is 2.94. The lowest BCUT2D eigenvalue weighted by Gasteiger charge is -2.37. The summed E-state index contributed by atoms with van der Waals surface area (Å²) in [6, 6.07) is 0.258. The quantitative estimate of drug-likeness (QED) is 0.903. The summed E-state index contributed by atoms with van der Waals surface area (Å²) in [6.07, 6.45) is 6.99. The van der Waals surface area contributed by atoms with Crippen LogP contribution in [0.3, 0.4) is 0 Å². The number of hydrogen-bond acceptors (Lipinski definition) is 4. The molecule has 1 aromatic heterocycles. The number of aromatic nitrogens is 2. The number of aryl methyl sites for hydroxylation is 1. The molecule has 6 heteroatoms. The Balaban J connectivity index is 2.28. The number of anilines is 1. The molecule has 0 amide bonds. The lowest BCUT2D eigenvalue weighted by molar-refractivity contribution is 0.462. The van der Waals surface area contributed by atoms with Gasteiger partial charge in [0.15, 0.2) is 0 Å². The second-order valence-electron chi connectivity index (χ2n) is 5.30. The van der Waals surface area contributed by atoms with Gasteiger partial charge in [0.2, 0.25) is 0 Å². The number of hydrogen-bond donors (Lipinski definition) is 1. The fourth-order valence-electron chi connectivity index (χ4n) is 2.69. The van der Waals surface area contributed by atoms with Crippen molar-refractivity contribution in [2.75, 3.05) is 18.0 Å². The molecule has 1 aliphatic rings. The van der Waals surface area contributed by atoms with Crippen molar-refractivity contribution in [1.29, 1.82) is 0 Å². The molecule has 1 unspecified atom stereocenters. The van der Waals surface area contributed by atoms with Crippen LogP contribution >= 0.6 is 11.6 Å². The van der Waals surface area contributed by atoms with E-state index in [1.165, 1.54) is 11.1 Å². The van der Waals surface area contributed by atoms with Gasteiger partial charge in [-0.1, -0.05) is 24.9 Å². The Morgan fingerprint density at radius 2 is 2.30 bits per heavy atom. The summed E-state index contributed by atoms with van der Waals surface area (Å²) in [5, 5.41) is 4.53. The second-order valence-corrected chi connectivity index (χ2v) is 5.68. The van der Waals surface area contributed by atoms with Gasteiger partial charge in [-0.3, -0.25) is 4.79 Å². The van der Waals surface area contributed by atoms with Crippen molar-refractivity contribution >= 4 is 17.3 Å². The molecule has 5 nitrogen and oxygen atoms in total. The van der Waals surface area contributed by atoms with E-state index in [4.69, 9.17) is 17.3 Å². The Bertz CT molecular complexity index is 502. The van der Waals surface area contributed by atoms with E-state index in [0.29, 0.717) is 13.1 Å². The average Bonchev–Trinajstić information content (AvgIpc) is 2.49. The van der Waals surface area contributed by atoms with Crippen molar-refractivity contribution in [1.82, 2.24) is 9.78 Å². The van der Waals surface area contributed by atoms with Crippen LogP contribution in [0.5, 0.6) is 0 Å². The van der Waals surface area contributed by atoms with Crippen molar-refractivity contribution in [3.8, 4) is 0 Å². The molecule has 1 aliphatic heterocycles. The number of piperidine rings is 1. The van der Waals surface area contributed by atoms with E-state index in [2.05, 4.69) is 16.9 Å². The predicted octanol–water partition coefficient (Wildman–Crippen LogP) is 2.01. The van der Waals surface area contributed by atoms with E-state index in [-0.39, 0.29) is 16.6 Å². The largest absolute Gasteiger partial charge is 0.365 e. The summed E-state index contributed by atoms with van der Waals surface area (Å²) in [4.78, 5) is 14.4. The number of nitrogens with zero attached hydrogens (tertiary/aromatic N) is 3. The summed E-state index contributed by atoms with van der Waals surface area (Å²) < 4.78 is 1.46. The van der Waals surface area contributed by atoms with Gasteiger partial charge in [0.05, 0.1) is 11.9 Å². The first kappa shape index (κ1) is 15.3. The maximum absolute atomic E-state index is 12.2. The summed E-state index contributed by atoms with van der Waals surface area (Å²) in [6.45, 7) is 4.17. The van der Waals surface area contributed by atoms with Gasteiger partial charge in [-0.05, 0) is 25.7 Å². The highest BCUT2D eigenvalue weighted by Gasteiger charge is 2.24. The molecule has 20 heavy (non-hydrogen) atoms. The SMILES string of the molecule is CCCCn1ncc(N2CCCCC2CN)c(Cl)c1=O. The van der Waals surface area contributed by atoms with Crippen LogP contribution in [-0.4, -0.2) is 28.9 Å². The predicted molar refractivity (Wildman–Crippen MR) is 82.5 cm³/mol. The van der Waals surface area contributed by atoms with E-state index in [1.54, 1.807) is 6.20 Å². The molecule has 0 spiro atoms. The van der Waals surface area contributed by atoms with Gasteiger partial charge in [-0.2, -0.15) is 5.10 Å². The minimum atomic E-state index is -0.195. The fraction of sp³-hybridized carbons (Fsp3) is 0.714. The molecule has 1 fully saturated rings. The Morgan fingerprint density at radius 1 is 1.50 bits per heavy atom. The molecule has 0 aliphatic carbocycles. The highest BCUT2D eigenvalue weighted by atomic mass is 35.5. The van der Waals surface area contributed by atoms with Gasteiger partial charge in [-0.25, -0.2) is 4.68 Å². The minimum Gasteiger partial charge on any atom is -0.365 e. The van der Waals surface area contributed by atoms with Gasteiger partial charge in [0, 0.05) is 25.7 Å². The molecule has 1 saturated heterocycles. The number of rotatable bonds is 5. The zero-order valence-electron chi connectivity index (χ0n) is 12.0. The van der Waals surface area contributed by atoms with E-state index < -0.39 is 0 Å². The van der Waals surface area contributed by atoms with Crippen molar-refractivity contribution in [2.24, 2.45) is 5.73 Å². The van der Waals surface area contributed by atoms with Crippen LogP contribution in [0.15, 0.2) is 11.0 Å². The molecule has 2 rings (SSSR count). The van der Waals surface area contributed by atoms with E-state index in [1.807, 2.05) is 0 Å². The van der Waals surface area contributed by atoms with Crippen molar-refractivity contribution in [3.05, 3.63) is 21.6 Å². The first-order chi connectivity index (χ1) is 9.69. The number of nitrogens with two attached hydrogens (primary N) is 1. The highest BCUT2D eigenvalue weighted by molar-refractivity contribution is 6.33. The Hall–Kier alpha value is -1.07. The average molecular weight is 299 g/mol. The van der Waals surface area contributed by atoms with Gasteiger partial charge in [-0.15, -0.1) is 0 Å². The Kier molecular flexibility index (Phi) is 5.43. The Labute approximate surface area is 124 Å². The third kappa shape index (κ3) is 3.15. The first-order valence-electron chi connectivity index (χ1n) is 7.41. The van der Waals surface area contributed by atoms with Crippen LogP contribution in [0.1, 0.15) is 39.0 Å². The van der Waals surface area contributed by atoms with Gasteiger partial charge in [0.1, 0.15) is 5.02 Å². The molecule has 2 N–H and O–H groups in total. The van der Waals surface area contributed by atoms with Crippen molar-refractivity contribution in [3.63, 3.8) is 0 Å². The van der Waals surface area contributed by atoms with Crippen LogP contribution in [0.4, 0.5) is 5.69 Å².